The number of hydrogen-bond donors (Lipinski definition) is 0. The van der Waals surface area contributed by atoms with Crippen LogP contribution in [-0.2, 0) is 0 Å². The van der Waals surface area contributed by atoms with Crippen molar-refractivity contribution >= 4 is 233 Å². The molecule has 13 aromatic carbocycles. The normalized spacial score (nSPS) is 12.0. The third-order valence-corrected chi connectivity index (χ3v) is 29.6. The number of rotatable bonds is 7. The molecule has 0 aliphatic carbocycles. The van der Waals surface area contributed by atoms with E-state index in [0.717, 1.165) is 83.0 Å². The quantitative estimate of drug-likeness (QED) is 0.156. The molecule has 26 rings (SSSR count). The van der Waals surface area contributed by atoms with Gasteiger partial charge in [0.25, 0.3) is 0 Å². The van der Waals surface area contributed by atoms with Gasteiger partial charge in [-0.1, -0.05) is 249 Å². The maximum absolute atomic E-state index is 5.35. The number of nitrogens with zero attached hydrogens (tertiary/aromatic N) is 10. The van der Waals surface area contributed by atoms with Crippen molar-refractivity contribution in [1.82, 2.24) is 48.6 Å². The molecular weight excluding hydrogens is 1520 g/mol. The van der Waals surface area contributed by atoms with Crippen molar-refractivity contribution < 1.29 is 0 Å². The molecule has 0 aliphatic heterocycles. The largest absolute Gasteiger partial charge is 0.276 e. The Morgan fingerprint density at radius 1 is 0.200 bits per heavy atom. The van der Waals surface area contributed by atoms with Crippen LogP contribution in [0.5, 0.6) is 0 Å². The van der Waals surface area contributed by atoms with Crippen molar-refractivity contribution in [1.29, 1.82) is 0 Å². The summed E-state index contributed by atoms with van der Waals surface area (Å²) in [4.78, 5) is 35.5. The fraction of sp³-hybridized carbons (Fsp3) is 0. The number of para-hydroxylation sites is 6. The second-order valence-electron chi connectivity index (χ2n) is 28.6. The zero-order valence-corrected chi connectivity index (χ0v) is 65.7. The molecule has 538 valence electrons. The monoisotopic (exact) mass is 1580 g/mol. The van der Waals surface area contributed by atoms with Crippen LogP contribution in [0.25, 0.3) is 228 Å². The molecule has 10 nitrogen and oxygen atoms in total. The minimum atomic E-state index is 0.693. The zero-order chi connectivity index (χ0) is 75.3. The van der Waals surface area contributed by atoms with Crippen LogP contribution in [0.1, 0.15) is 0 Å². The van der Waals surface area contributed by atoms with Crippen molar-refractivity contribution in [3.63, 3.8) is 0 Å². The lowest BCUT2D eigenvalue weighted by atomic mass is 10.00. The highest BCUT2D eigenvalue weighted by Gasteiger charge is 2.28. The van der Waals surface area contributed by atoms with Gasteiger partial charge in [-0.2, -0.15) is 0 Å². The average Bonchev–Trinajstić information content (AvgIpc) is 1.56. The molecule has 0 spiro atoms. The van der Waals surface area contributed by atoms with E-state index in [0.29, 0.717) is 17.8 Å². The fourth-order valence-corrected chi connectivity index (χ4v) is 25.1. The van der Waals surface area contributed by atoms with Gasteiger partial charge in [-0.25, -0.2) is 29.9 Å². The SMILES string of the molecule is c1ccc(-c2cccc(-c3nc(-n4c5ccccc5c5sc6c7ccccc7sc6c54)nc4ccccc34)c2)cc1.c1ccc2c(-c3ccncc3)nc(-n3c4ccccc4c4sc5c6ccccc6sc5c43)nc2c1.c1ccc2cc(-c3nc(-n4c5ccccc5c5sc6c7ccccc7sc6c54)nc4ccccc34)ccc2c1. The number of hydrogen-bond acceptors (Lipinski definition) is 13. The highest BCUT2D eigenvalue weighted by atomic mass is 32.1. The Balaban J connectivity index is 0.0000000997. The first kappa shape index (κ1) is 66.1. The minimum Gasteiger partial charge on any atom is -0.276 e. The van der Waals surface area contributed by atoms with Crippen LogP contribution in [0.15, 0.2) is 340 Å². The van der Waals surface area contributed by atoms with Crippen LogP contribution in [0, 0.1) is 0 Å². The first-order valence-electron chi connectivity index (χ1n) is 37.9. The van der Waals surface area contributed by atoms with E-state index in [1.807, 2.05) is 105 Å². The standard InChI is InChI=1S/C36H21N3S2.C34H19N3S2.C29H16N4S2/c1-2-11-22(12-3-1)23-13-10-14-24(21-23)31-25-15-4-7-18-28(25)37-36(38-31)39-29-19-8-5-16-26(29)33-32(39)35-34(41-33)27-17-6-9-20-30(27)40-35;1-2-10-21-19-22(18-17-20(21)9-1)29-23-11-3-6-14-26(23)35-34(36-29)37-27-15-7-4-12-24(27)31-30(37)33-32(39-31)25-13-5-8-16-28(25)38-33;1-4-10-21-18(7-1)24(17-13-15-30-16-14-17)32-29(31-21)33-22-11-5-2-8-19(22)26-25(33)28-27(35-26)20-9-3-6-12-23(20)34-28/h1-21H;1-19H;1-16H. The molecule has 0 atom stereocenters. The zero-order valence-electron chi connectivity index (χ0n) is 60.8. The van der Waals surface area contributed by atoms with E-state index in [2.05, 4.69) is 322 Å². The lowest BCUT2D eigenvalue weighted by Gasteiger charge is -2.12. The Kier molecular flexibility index (Phi) is 15.3. The van der Waals surface area contributed by atoms with Crippen molar-refractivity contribution in [2.45, 2.75) is 0 Å². The molecule has 16 heteroatoms. The molecule has 0 aliphatic rings. The second-order valence-corrected chi connectivity index (χ2v) is 34.8. The first-order chi connectivity index (χ1) is 57.0. The summed E-state index contributed by atoms with van der Waals surface area (Å²) >= 11 is 11.2. The Morgan fingerprint density at radius 3 is 0.983 bits per heavy atom. The van der Waals surface area contributed by atoms with E-state index in [9.17, 15) is 0 Å². The molecule has 0 saturated heterocycles. The van der Waals surface area contributed by atoms with Crippen molar-refractivity contribution in [3.8, 4) is 62.7 Å². The van der Waals surface area contributed by atoms with Gasteiger partial charge >= 0.3 is 0 Å². The predicted molar refractivity (Wildman–Crippen MR) is 491 cm³/mol. The third-order valence-electron chi connectivity index (χ3n) is 22.0. The van der Waals surface area contributed by atoms with Gasteiger partial charge in [0.2, 0.25) is 17.8 Å². The van der Waals surface area contributed by atoms with Gasteiger partial charge in [0.15, 0.2) is 0 Å². The summed E-state index contributed by atoms with van der Waals surface area (Å²) in [6.07, 6.45) is 3.63. The average molecular weight is 1580 g/mol. The molecule has 0 N–H and O–H groups in total. The van der Waals surface area contributed by atoms with E-state index >= 15 is 0 Å². The molecule has 115 heavy (non-hydrogen) atoms. The van der Waals surface area contributed by atoms with Gasteiger partial charge in [-0.3, -0.25) is 18.7 Å². The van der Waals surface area contributed by atoms with Crippen LogP contribution < -0.4 is 0 Å². The van der Waals surface area contributed by atoms with E-state index in [1.165, 1.54) is 127 Å². The summed E-state index contributed by atoms with van der Waals surface area (Å²) in [5.74, 6) is 2.10. The molecule has 0 saturated carbocycles. The third kappa shape index (κ3) is 10.6. The van der Waals surface area contributed by atoms with Gasteiger partial charge < -0.3 is 0 Å². The molecular formula is C99H56N10S6. The maximum Gasteiger partial charge on any atom is 0.235 e. The summed E-state index contributed by atoms with van der Waals surface area (Å²) in [6.45, 7) is 0. The molecule has 0 radical (unpaired) electrons. The Hall–Kier alpha value is -13.6. The maximum atomic E-state index is 5.35. The van der Waals surface area contributed by atoms with Crippen molar-refractivity contribution in [2.75, 3.05) is 0 Å². The highest BCUT2D eigenvalue weighted by molar-refractivity contribution is 7.38. The van der Waals surface area contributed by atoms with Crippen molar-refractivity contribution in [2.24, 2.45) is 0 Å². The molecule has 0 unspecified atom stereocenters. The Bertz CT molecular complexity index is 8470. The van der Waals surface area contributed by atoms with E-state index in [1.54, 1.807) is 0 Å². The summed E-state index contributed by atoms with van der Waals surface area (Å²) in [7, 11) is 0. The van der Waals surface area contributed by atoms with Crippen LogP contribution in [0.2, 0.25) is 0 Å². The summed E-state index contributed by atoms with van der Waals surface area (Å²) < 4.78 is 22.6. The van der Waals surface area contributed by atoms with Gasteiger partial charge in [0.05, 0.1) is 109 Å². The van der Waals surface area contributed by atoms with Crippen LogP contribution in [-0.4, -0.2) is 48.6 Å². The molecule has 0 amide bonds. The Morgan fingerprint density at radius 2 is 0.539 bits per heavy atom. The molecule has 0 fully saturated rings. The fourth-order valence-electron chi connectivity index (χ4n) is 16.8. The second kappa shape index (κ2) is 26.5. The molecule has 0 bridgehead atoms. The number of thiophene rings is 6. The minimum absolute atomic E-state index is 0.693. The van der Waals surface area contributed by atoms with Gasteiger partial charge in [0.1, 0.15) is 0 Å². The number of benzene rings is 13. The lowest BCUT2D eigenvalue weighted by Crippen LogP contribution is -2.03. The van der Waals surface area contributed by atoms with Crippen LogP contribution in [0.4, 0.5) is 0 Å². The predicted octanol–water partition coefficient (Wildman–Crippen LogP) is 28.7. The van der Waals surface area contributed by atoms with E-state index in [4.69, 9.17) is 29.9 Å². The summed E-state index contributed by atoms with van der Waals surface area (Å²) in [5, 5.41) is 13.3. The summed E-state index contributed by atoms with van der Waals surface area (Å²) in [6, 6.07) is 115. The van der Waals surface area contributed by atoms with Gasteiger partial charge in [0, 0.05) is 91.7 Å². The van der Waals surface area contributed by atoms with E-state index < -0.39 is 0 Å². The number of fused-ring (bicyclic) bond motifs is 25. The molecule has 13 heterocycles. The van der Waals surface area contributed by atoms with Crippen molar-refractivity contribution in [3.05, 3.63) is 340 Å². The summed E-state index contributed by atoms with van der Waals surface area (Å²) in [5.41, 5.74) is 18.2. The highest BCUT2D eigenvalue weighted by Crippen LogP contribution is 2.53. The van der Waals surface area contributed by atoms with Gasteiger partial charge in [-0.15, -0.1) is 68.0 Å². The smallest absolute Gasteiger partial charge is 0.235 e. The van der Waals surface area contributed by atoms with Crippen LogP contribution >= 0.6 is 68.0 Å². The molecule has 26 aromatic rings. The molecule has 13 aromatic heterocycles. The Labute approximate surface area is 679 Å². The lowest BCUT2D eigenvalue weighted by molar-refractivity contribution is 1.02. The number of aromatic nitrogens is 10. The topological polar surface area (TPSA) is 105 Å². The number of pyridine rings is 1. The van der Waals surface area contributed by atoms with E-state index in [-0.39, 0.29) is 0 Å². The first-order valence-corrected chi connectivity index (χ1v) is 42.8. The van der Waals surface area contributed by atoms with Crippen LogP contribution in [0.3, 0.4) is 0 Å². The van der Waals surface area contributed by atoms with Gasteiger partial charge in [-0.05, 0) is 101 Å².